The Bertz CT molecular complexity index is 162. The van der Waals surface area contributed by atoms with Crippen molar-refractivity contribution in [2.45, 2.75) is 39.4 Å². The number of nitrogens with one attached hydrogen (secondary N) is 2. The summed E-state index contributed by atoms with van der Waals surface area (Å²) in [6, 6.07) is 0. The highest BCUT2D eigenvalue weighted by Gasteiger charge is 2.17. The zero-order chi connectivity index (χ0) is 10.2. The van der Waals surface area contributed by atoms with Gasteiger partial charge in [-0.25, -0.2) is 0 Å². The average Bonchev–Trinajstić information content (AvgIpc) is 2.25. The molecule has 3 heteroatoms. The topological polar surface area (TPSA) is 27.3 Å². The molecule has 0 bridgehead atoms. The minimum absolute atomic E-state index is 0.316. The van der Waals surface area contributed by atoms with E-state index in [1.807, 2.05) is 19.2 Å². The quantitative estimate of drug-likeness (QED) is 0.654. The Labute approximate surface area is 87.6 Å². The van der Waals surface area contributed by atoms with E-state index < -0.39 is 0 Å². The molecule has 1 rings (SSSR count). The van der Waals surface area contributed by atoms with Crippen LogP contribution in [0.3, 0.4) is 0 Å². The molecule has 0 aliphatic carbocycles. The second-order valence-corrected chi connectivity index (χ2v) is 3.72. The summed E-state index contributed by atoms with van der Waals surface area (Å²) < 4.78 is 0. The molecule has 1 aliphatic heterocycles. The minimum Gasteiger partial charge on any atom is -0.364 e. The van der Waals surface area contributed by atoms with Crippen LogP contribution < -0.4 is 10.6 Å². The molecular weight excluding hydrogens is 174 g/mol. The molecule has 2 N–H and O–H groups in total. The van der Waals surface area contributed by atoms with Gasteiger partial charge in [0.2, 0.25) is 0 Å². The van der Waals surface area contributed by atoms with Crippen LogP contribution in [0.15, 0.2) is 12.3 Å². The third kappa shape index (κ3) is 3.68. The Morgan fingerprint density at radius 2 is 2.00 bits per heavy atom. The van der Waals surface area contributed by atoms with E-state index >= 15 is 0 Å². The lowest BCUT2D eigenvalue weighted by molar-refractivity contribution is 0.123. The molecule has 0 aromatic heterocycles. The number of hydrogen-bond donors (Lipinski definition) is 2. The van der Waals surface area contributed by atoms with Crippen molar-refractivity contribution < 1.29 is 0 Å². The van der Waals surface area contributed by atoms with Crippen molar-refractivity contribution >= 4 is 0 Å². The maximum atomic E-state index is 3.45. The molecule has 0 amide bonds. The monoisotopic (exact) mass is 197 g/mol. The Kier molecular flexibility index (Phi) is 5.64. The van der Waals surface area contributed by atoms with Gasteiger partial charge in [-0.3, -0.25) is 10.2 Å². The molecular formula is C11H23N3. The molecule has 0 radical (unpaired) electrons. The van der Waals surface area contributed by atoms with Crippen LogP contribution in [-0.2, 0) is 0 Å². The Balaban J connectivity index is 2.38. The zero-order valence-electron chi connectivity index (χ0n) is 9.42. The molecule has 0 spiro atoms. The first-order valence-electron chi connectivity index (χ1n) is 5.73. The van der Waals surface area contributed by atoms with E-state index in [-0.39, 0.29) is 0 Å². The third-order valence-electron chi connectivity index (χ3n) is 2.57. The Morgan fingerprint density at radius 3 is 2.57 bits per heavy atom. The zero-order valence-corrected chi connectivity index (χ0v) is 9.42. The summed E-state index contributed by atoms with van der Waals surface area (Å²) in [4.78, 5) is 2.48. The van der Waals surface area contributed by atoms with Gasteiger partial charge in [0.1, 0.15) is 6.29 Å². The van der Waals surface area contributed by atoms with E-state index in [2.05, 4.69) is 22.5 Å². The predicted octanol–water partition coefficient (Wildman–Crippen LogP) is 1.49. The van der Waals surface area contributed by atoms with Crippen molar-refractivity contribution in [1.29, 1.82) is 0 Å². The molecule has 1 unspecified atom stereocenters. The predicted molar refractivity (Wildman–Crippen MR) is 60.8 cm³/mol. The van der Waals surface area contributed by atoms with Gasteiger partial charge < -0.3 is 5.32 Å². The average molecular weight is 197 g/mol. The summed E-state index contributed by atoms with van der Waals surface area (Å²) in [5, 5.41) is 6.83. The highest BCUT2D eigenvalue weighted by molar-refractivity contribution is 4.80. The smallest absolute Gasteiger partial charge is 0.134 e. The molecule has 1 atom stereocenters. The molecule has 0 aromatic rings. The number of likely N-dealkylation sites (tertiary alicyclic amines) is 1. The fraction of sp³-hybridized carbons (Fsp3) is 0.818. The molecule has 1 aliphatic rings. The largest absolute Gasteiger partial charge is 0.364 e. The van der Waals surface area contributed by atoms with Gasteiger partial charge in [-0.2, -0.15) is 0 Å². The van der Waals surface area contributed by atoms with Crippen molar-refractivity contribution in [2.24, 2.45) is 0 Å². The van der Waals surface area contributed by atoms with Gasteiger partial charge in [-0.1, -0.05) is 19.4 Å². The van der Waals surface area contributed by atoms with E-state index in [0.29, 0.717) is 6.29 Å². The van der Waals surface area contributed by atoms with Gasteiger partial charge in [-0.05, 0) is 32.5 Å². The van der Waals surface area contributed by atoms with Crippen LogP contribution in [0.2, 0.25) is 0 Å². The number of piperidine rings is 1. The maximum Gasteiger partial charge on any atom is 0.134 e. The summed E-state index contributed by atoms with van der Waals surface area (Å²) in [7, 11) is 0. The molecule has 3 nitrogen and oxygen atoms in total. The lowest BCUT2D eigenvalue weighted by Crippen LogP contribution is -2.54. The van der Waals surface area contributed by atoms with E-state index in [1.54, 1.807) is 0 Å². The van der Waals surface area contributed by atoms with Crippen LogP contribution in [-0.4, -0.2) is 30.8 Å². The van der Waals surface area contributed by atoms with Crippen LogP contribution in [0.1, 0.15) is 33.1 Å². The minimum atomic E-state index is 0.316. The molecule has 1 heterocycles. The number of nitrogens with zero attached hydrogens (tertiary/aromatic N) is 1. The maximum absolute atomic E-state index is 3.45. The van der Waals surface area contributed by atoms with Crippen LogP contribution in [0, 0.1) is 0 Å². The molecule has 0 saturated carbocycles. The normalized spacial score (nSPS) is 21.3. The second kappa shape index (κ2) is 6.85. The van der Waals surface area contributed by atoms with Crippen molar-refractivity contribution in [3.63, 3.8) is 0 Å². The van der Waals surface area contributed by atoms with Crippen molar-refractivity contribution in [3.8, 4) is 0 Å². The summed E-state index contributed by atoms with van der Waals surface area (Å²) in [6.07, 6.45) is 8.42. The Hall–Kier alpha value is -0.540. The van der Waals surface area contributed by atoms with E-state index in [9.17, 15) is 0 Å². The van der Waals surface area contributed by atoms with Gasteiger partial charge in [-0.15, -0.1) is 0 Å². The van der Waals surface area contributed by atoms with Crippen LogP contribution in [0.5, 0.6) is 0 Å². The summed E-state index contributed by atoms with van der Waals surface area (Å²) in [5.74, 6) is 0. The summed E-state index contributed by atoms with van der Waals surface area (Å²) in [6.45, 7) is 7.61. The highest BCUT2D eigenvalue weighted by Crippen LogP contribution is 2.09. The number of allylic oxidation sites excluding steroid dienone is 1. The second-order valence-electron chi connectivity index (χ2n) is 3.72. The first kappa shape index (κ1) is 11.5. The lowest BCUT2D eigenvalue weighted by Gasteiger charge is -2.34. The standard InChI is InChI=1S/C11H23N3/c1-3-8-13-11(12-4-2)14-9-6-5-7-10-14/h3,8,11-13H,4-7,9-10H2,1-2H3/b8-3-. The molecule has 1 saturated heterocycles. The van der Waals surface area contributed by atoms with Crippen molar-refractivity contribution in [3.05, 3.63) is 12.3 Å². The van der Waals surface area contributed by atoms with E-state index in [1.165, 1.54) is 32.4 Å². The Morgan fingerprint density at radius 1 is 1.29 bits per heavy atom. The van der Waals surface area contributed by atoms with Gasteiger partial charge in [0.05, 0.1) is 0 Å². The molecule has 14 heavy (non-hydrogen) atoms. The fourth-order valence-corrected chi connectivity index (χ4v) is 1.85. The van der Waals surface area contributed by atoms with Crippen LogP contribution >= 0.6 is 0 Å². The lowest BCUT2D eigenvalue weighted by atomic mass is 10.1. The van der Waals surface area contributed by atoms with E-state index in [0.717, 1.165) is 6.54 Å². The van der Waals surface area contributed by atoms with Gasteiger partial charge in [0, 0.05) is 13.1 Å². The van der Waals surface area contributed by atoms with Gasteiger partial charge in [0.15, 0.2) is 0 Å². The SMILES string of the molecule is C/C=C\NC(NCC)N1CCCCC1. The first-order valence-corrected chi connectivity index (χ1v) is 5.73. The highest BCUT2D eigenvalue weighted by atomic mass is 15.4. The van der Waals surface area contributed by atoms with E-state index in [4.69, 9.17) is 0 Å². The fourth-order valence-electron chi connectivity index (χ4n) is 1.85. The van der Waals surface area contributed by atoms with Crippen molar-refractivity contribution in [1.82, 2.24) is 15.5 Å². The van der Waals surface area contributed by atoms with Crippen LogP contribution in [0.25, 0.3) is 0 Å². The number of rotatable bonds is 5. The molecule has 0 aromatic carbocycles. The molecule has 82 valence electrons. The third-order valence-corrected chi connectivity index (χ3v) is 2.57. The first-order chi connectivity index (χ1) is 6.88. The molecule has 1 fully saturated rings. The number of hydrogen-bond acceptors (Lipinski definition) is 3. The summed E-state index contributed by atoms with van der Waals surface area (Å²) >= 11 is 0. The van der Waals surface area contributed by atoms with Crippen LogP contribution in [0.4, 0.5) is 0 Å². The van der Waals surface area contributed by atoms with Gasteiger partial charge in [0.25, 0.3) is 0 Å². The van der Waals surface area contributed by atoms with Crippen molar-refractivity contribution in [2.75, 3.05) is 19.6 Å². The van der Waals surface area contributed by atoms with Gasteiger partial charge >= 0.3 is 0 Å². The summed E-state index contributed by atoms with van der Waals surface area (Å²) in [5.41, 5.74) is 0.